The van der Waals surface area contributed by atoms with Gasteiger partial charge in [-0.3, -0.25) is 9.78 Å². The molecule has 0 radical (unpaired) electrons. The first kappa shape index (κ1) is 15.1. The molecule has 2 N–H and O–H groups in total. The van der Waals surface area contributed by atoms with Gasteiger partial charge in [-0.1, -0.05) is 6.07 Å². The number of carbonyl (C=O) groups excluding carboxylic acids is 1. The Morgan fingerprint density at radius 1 is 1.33 bits per heavy atom. The third kappa shape index (κ3) is 5.27. The van der Waals surface area contributed by atoms with Gasteiger partial charge in [-0.05, 0) is 42.2 Å². The van der Waals surface area contributed by atoms with E-state index in [0.717, 1.165) is 16.1 Å². The standard InChI is InChI=1S/C15H16N4OS/c1-21-14-4-2-3-13(9-14)17-11-15(20)19-18-10-12-5-7-16-8-6-12/h2-10,17H,11H2,1H3,(H,19,20)/b18-10+. The largest absolute Gasteiger partial charge is 0.376 e. The Balaban J connectivity index is 1.78. The number of nitrogens with zero attached hydrogens (tertiary/aromatic N) is 2. The van der Waals surface area contributed by atoms with Gasteiger partial charge in [0.25, 0.3) is 5.91 Å². The first-order valence-electron chi connectivity index (χ1n) is 6.38. The van der Waals surface area contributed by atoms with Crippen molar-refractivity contribution in [3.8, 4) is 0 Å². The van der Waals surface area contributed by atoms with Crippen LogP contribution in [-0.4, -0.2) is 29.9 Å². The number of pyridine rings is 1. The number of hydrazone groups is 1. The summed E-state index contributed by atoms with van der Waals surface area (Å²) < 4.78 is 0. The van der Waals surface area contributed by atoms with Crippen LogP contribution in [0.1, 0.15) is 5.56 Å². The SMILES string of the molecule is CSc1cccc(NCC(=O)N/N=C/c2ccncc2)c1. The number of benzene rings is 1. The van der Waals surface area contributed by atoms with Crippen LogP contribution in [0.4, 0.5) is 5.69 Å². The highest BCUT2D eigenvalue weighted by Crippen LogP contribution is 2.18. The summed E-state index contributed by atoms with van der Waals surface area (Å²) in [6.45, 7) is 0.172. The molecular weight excluding hydrogens is 284 g/mol. The van der Waals surface area contributed by atoms with Crippen molar-refractivity contribution in [2.45, 2.75) is 4.90 Å². The van der Waals surface area contributed by atoms with Crippen LogP contribution in [0.15, 0.2) is 58.8 Å². The zero-order valence-corrected chi connectivity index (χ0v) is 12.4. The summed E-state index contributed by atoms with van der Waals surface area (Å²) >= 11 is 1.66. The normalized spacial score (nSPS) is 10.5. The molecule has 1 amide bonds. The van der Waals surface area contributed by atoms with Gasteiger partial charge in [0.15, 0.2) is 0 Å². The Bertz CT molecular complexity index is 616. The average molecular weight is 300 g/mol. The maximum Gasteiger partial charge on any atom is 0.259 e. The summed E-state index contributed by atoms with van der Waals surface area (Å²) in [6, 6.07) is 11.5. The number of carbonyl (C=O) groups is 1. The molecule has 0 aliphatic carbocycles. The predicted molar refractivity (Wildman–Crippen MR) is 86.7 cm³/mol. The third-order valence-electron chi connectivity index (χ3n) is 2.63. The highest BCUT2D eigenvalue weighted by molar-refractivity contribution is 7.98. The van der Waals surface area contributed by atoms with E-state index in [-0.39, 0.29) is 12.5 Å². The van der Waals surface area contributed by atoms with E-state index in [4.69, 9.17) is 0 Å². The zero-order valence-electron chi connectivity index (χ0n) is 11.6. The van der Waals surface area contributed by atoms with Crippen LogP contribution in [-0.2, 0) is 4.79 Å². The number of anilines is 1. The first-order valence-corrected chi connectivity index (χ1v) is 7.60. The fraction of sp³-hybridized carbons (Fsp3) is 0.133. The van der Waals surface area contributed by atoms with Crippen molar-refractivity contribution in [1.82, 2.24) is 10.4 Å². The number of hydrogen-bond acceptors (Lipinski definition) is 5. The van der Waals surface area contributed by atoms with Crippen LogP contribution >= 0.6 is 11.8 Å². The summed E-state index contributed by atoms with van der Waals surface area (Å²) in [4.78, 5) is 16.7. The smallest absolute Gasteiger partial charge is 0.259 e. The van der Waals surface area contributed by atoms with Crippen molar-refractivity contribution in [1.29, 1.82) is 0 Å². The molecular formula is C15H16N4OS. The molecule has 0 bridgehead atoms. The van der Waals surface area contributed by atoms with Gasteiger partial charge < -0.3 is 5.32 Å². The summed E-state index contributed by atoms with van der Waals surface area (Å²) in [7, 11) is 0. The van der Waals surface area contributed by atoms with Gasteiger partial charge in [0.05, 0.1) is 12.8 Å². The van der Waals surface area contributed by atoms with Crippen molar-refractivity contribution in [3.63, 3.8) is 0 Å². The molecule has 1 heterocycles. The lowest BCUT2D eigenvalue weighted by Gasteiger charge is -2.06. The maximum atomic E-state index is 11.7. The van der Waals surface area contributed by atoms with E-state index >= 15 is 0 Å². The lowest BCUT2D eigenvalue weighted by atomic mass is 10.3. The molecule has 1 aromatic heterocycles. The van der Waals surface area contributed by atoms with Crippen molar-refractivity contribution >= 4 is 29.6 Å². The van der Waals surface area contributed by atoms with Crippen LogP contribution in [0.25, 0.3) is 0 Å². The molecule has 0 unspecified atom stereocenters. The number of aromatic nitrogens is 1. The van der Waals surface area contributed by atoms with E-state index in [1.165, 1.54) is 0 Å². The summed E-state index contributed by atoms with van der Waals surface area (Å²) in [6.07, 6.45) is 6.93. The zero-order chi connectivity index (χ0) is 14.9. The van der Waals surface area contributed by atoms with Gasteiger partial charge >= 0.3 is 0 Å². The average Bonchev–Trinajstić information content (AvgIpc) is 2.54. The molecule has 1 aromatic carbocycles. The molecule has 5 nitrogen and oxygen atoms in total. The van der Waals surface area contributed by atoms with Crippen LogP contribution in [0.3, 0.4) is 0 Å². The topological polar surface area (TPSA) is 66.4 Å². The van der Waals surface area contributed by atoms with Gasteiger partial charge in [0, 0.05) is 23.0 Å². The highest BCUT2D eigenvalue weighted by atomic mass is 32.2. The molecule has 0 fully saturated rings. The molecule has 0 saturated carbocycles. The summed E-state index contributed by atoms with van der Waals surface area (Å²) in [5.41, 5.74) is 4.27. The van der Waals surface area contributed by atoms with Gasteiger partial charge in [-0.15, -0.1) is 11.8 Å². The Kier molecular flexibility index (Phi) is 5.78. The first-order chi connectivity index (χ1) is 10.3. The molecule has 6 heteroatoms. The number of hydrogen-bond donors (Lipinski definition) is 2. The van der Waals surface area contributed by atoms with Gasteiger partial charge in [-0.2, -0.15) is 5.10 Å². The molecule has 21 heavy (non-hydrogen) atoms. The monoisotopic (exact) mass is 300 g/mol. The molecule has 2 rings (SSSR count). The number of rotatable bonds is 6. The van der Waals surface area contributed by atoms with E-state index in [1.807, 2.05) is 42.7 Å². The van der Waals surface area contributed by atoms with E-state index in [9.17, 15) is 4.79 Å². The molecule has 0 saturated heterocycles. The molecule has 0 aliphatic heterocycles. The van der Waals surface area contributed by atoms with Gasteiger partial charge in [-0.25, -0.2) is 5.43 Å². The second-order valence-corrected chi connectivity index (χ2v) is 5.04. The minimum absolute atomic E-state index is 0.172. The van der Waals surface area contributed by atoms with Crippen molar-refractivity contribution < 1.29 is 4.79 Å². The third-order valence-corrected chi connectivity index (χ3v) is 3.36. The quantitative estimate of drug-likeness (QED) is 0.488. The fourth-order valence-corrected chi connectivity index (χ4v) is 2.04. The number of thioether (sulfide) groups is 1. The van der Waals surface area contributed by atoms with Crippen LogP contribution in [0.2, 0.25) is 0 Å². The minimum atomic E-state index is -0.199. The van der Waals surface area contributed by atoms with Gasteiger partial charge in [0.2, 0.25) is 0 Å². The molecule has 0 atom stereocenters. The lowest BCUT2D eigenvalue weighted by molar-refractivity contribution is -0.119. The van der Waals surface area contributed by atoms with E-state index in [0.29, 0.717) is 0 Å². The van der Waals surface area contributed by atoms with Crippen molar-refractivity contribution in [2.75, 3.05) is 18.1 Å². The molecule has 0 spiro atoms. The molecule has 0 aliphatic rings. The van der Waals surface area contributed by atoms with E-state index < -0.39 is 0 Å². The lowest BCUT2D eigenvalue weighted by Crippen LogP contribution is -2.25. The second-order valence-electron chi connectivity index (χ2n) is 4.16. The summed E-state index contributed by atoms with van der Waals surface area (Å²) in [5.74, 6) is -0.199. The Morgan fingerprint density at radius 2 is 2.14 bits per heavy atom. The number of amides is 1. The van der Waals surface area contributed by atoms with Crippen LogP contribution < -0.4 is 10.7 Å². The van der Waals surface area contributed by atoms with Crippen LogP contribution in [0.5, 0.6) is 0 Å². The Morgan fingerprint density at radius 3 is 2.90 bits per heavy atom. The Labute approximate surface area is 127 Å². The van der Waals surface area contributed by atoms with E-state index in [2.05, 4.69) is 20.8 Å². The minimum Gasteiger partial charge on any atom is -0.376 e. The maximum absolute atomic E-state index is 11.7. The Hall–Kier alpha value is -2.34. The van der Waals surface area contributed by atoms with Crippen molar-refractivity contribution in [3.05, 3.63) is 54.4 Å². The highest BCUT2D eigenvalue weighted by Gasteiger charge is 2.00. The predicted octanol–water partition coefficient (Wildman–Crippen LogP) is 2.37. The fourth-order valence-electron chi connectivity index (χ4n) is 1.58. The van der Waals surface area contributed by atoms with Crippen LogP contribution in [0, 0.1) is 0 Å². The summed E-state index contributed by atoms with van der Waals surface area (Å²) in [5, 5.41) is 6.95. The van der Waals surface area contributed by atoms with Gasteiger partial charge in [0.1, 0.15) is 0 Å². The molecule has 108 valence electrons. The van der Waals surface area contributed by atoms with Crippen molar-refractivity contribution in [2.24, 2.45) is 5.10 Å². The number of nitrogens with one attached hydrogen (secondary N) is 2. The molecule has 2 aromatic rings. The second kappa shape index (κ2) is 8.06. The van der Waals surface area contributed by atoms with E-state index in [1.54, 1.807) is 30.4 Å².